The number of para-hydroxylation sites is 1. The summed E-state index contributed by atoms with van der Waals surface area (Å²) in [6, 6.07) is 14.4. The van der Waals surface area contributed by atoms with E-state index in [4.69, 9.17) is 0 Å². The van der Waals surface area contributed by atoms with Crippen molar-refractivity contribution in [2.75, 3.05) is 19.0 Å². The minimum atomic E-state index is -1.07. The maximum absolute atomic E-state index is 12.2. The van der Waals surface area contributed by atoms with Gasteiger partial charge in [-0.05, 0) is 35.4 Å². The molecule has 0 radical (unpaired) electrons. The van der Waals surface area contributed by atoms with Gasteiger partial charge in [0.2, 0.25) is 5.91 Å². The number of hydrogen-bond acceptors (Lipinski definition) is 3. The van der Waals surface area contributed by atoms with Gasteiger partial charge in [-0.3, -0.25) is 4.79 Å². The van der Waals surface area contributed by atoms with Crippen molar-refractivity contribution in [3.8, 4) is 0 Å². The second kappa shape index (κ2) is 8.43. The number of anilines is 1. The fraction of sp³-hybridized carbons (Fsp3) is 0.182. The summed E-state index contributed by atoms with van der Waals surface area (Å²) in [6.45, 7) is 0. The monoisotopic (exact) mass is 377 g/mol. The summed E-state index contributed by atoms with van der Waals surface area (Å²) in [6.07, 6.45) is 5.01. The number of carbonyl (C=O) groups is 2. The van der Waals surface area contributed by atoms with Crippen molar-refractivity contribution < 1.29 is 14.7 Å². The number of benzene rings is 2. The lowest BCUT2D eigenvalue weighted by atomic mass is 10.0. The predicted molar refractivity (Wildman–Crippen MR) is 111 cm³/mol. The molecule has 28 heavy (non-hydrogen) atoms. The van der Waals surface area contributed by atoms with Gasteiger partial charge >= 0.3 is 5.97 Å². The quantitative estimate of drug-likeness (QED) is 0.553. The lowest BCUT2D eigenvalue weighted by Gasteiger charge is -2.13. The number of aromatic nitrogens is 1. The Morgan fingerprint density at radius 3 is 2.54 bits per heavy atom. The summed E-state index contributed by atoms with van der Waals surface area (Å²) in [7, 11) is 3.91. The molecule has 0 saturated carbocycles. The van der Waals surface area contributed by atoms with Crippen molar-refractivity contribution in [2.24, 2.45) is 0 Å². The van der Waals surface area contributed by atoms with Gasteiger partial charge in [-0.15, -0.1) is 0 Å². The normalized spacial score (nSPS) is 12.2. The van der Waals surface area contributed by atoms with E-state index in [1.54, 1.807) is 12.3 Å². The highest BCUT2D eigenvalue weighted by molar-refractivity contribution is 5.94. The second-order valence-electron chi connectivity index (χ2n) is 6.78. The van der Waals surface area contributed by atoms with Gasteiger partial charge in [-0.25, -0.2) is 4.79 Å². The van der Waals surface area contributed by atoms with Crippen molar-refractivity contribution in [1.29, 1.82) is 0 Å². The van der Waals surface area contributed by atoms with Crippen molar-refractivity contribution >= 4 is 34.5 Å². The van der Waals surface area contributed by atoms with Gasteiger partial charge < -0.3 is 20.3 Å². The first kappa shape index (κ1) is 19.2. The van der Waals surface area contributed by atoms with E-state index in [0.717, 1.165) is 27.7 Å². The van der Waals surface area contributed by atoms with Gasteiger partial charge in [0, 0.05) is 49.4 Å². The van der Waals surface area contributed by atoms with Crippen molar-refractivity contribution in [3.63, 3.8) is 0 Å². The van der Waals surface area contributed by atoms with Crippen LogP contribution in [-0.4, -0.2) is 42.1 Å². The summed E-state index contributed by atoms with van der Waals surface area (Å²) in [5, 5.41) is 13.0. The fourth-order valence-corrected chi connectivity index (χ4v) is 3.00. The smallest absolute Gasteiger partial charge is 0.326 e. The second-order valence-corrected chi connectivity index (χ2v) is 6.78. The molecule has 3 N–H and O–H groups in total. The summed E-state index contributed by atoms with van der Waals surface area (Å²) >= 11 is 0. The Bertz CT molecular complexity index is 1000. The van der Waals surface area contributed by atoms with E-state index >= 15 is 0 Å². The molecule has 1 atom stereocenters. The van der Waals surface area contributed by atoms with Gasteiger partial charge in [-0.1, -0.05) is 30.3 Å². The molecule has 2 aromatic carbocycles. The molecular weight excluding hydrogens is 354 g/mol. The van der Waals surface area contributed by atoms with E-state index < -0.39 is 17.9 Å². The largest absolute Gasteiger partial charge is 0.480 e. The van der Waals surface area contributed by atoms with E-state index in [1.807, 2.05) is 67.5 Å². The van der Waals surface area contributed by atoms with Gasteiger partial charge in [0.1, 0.15) is 6.04 Å². The molecule has 0 aliphatic carbocycles. The zero-order valence-electron chi connectivity index (χ0n) is 15.8. The van der Waals surface area contributed by atoms with Crippen LogP contribution in [0.5, 0.6) is 0 Å². The number of aliphatic carboxylic acids is 1. The fourth-order valence-electron chi connectivity index (χ4n) is 3.00. The standard InChI is InChI=1S/C22H23N3O3/c1-25(2)17-10-7-15(8-11-17)9-12-21(26)24-20(22(27)28)13-16-14-23-19-6-4-3-5-18(16)19/h3-12,14,20,23H,13H2,1-2H3,(H,24,26)(H,27,28)/b12-9+. The number of carboxylic acids is 1. The molecule has 6 heteroatoms. The number of nitrogens with one attached hydrogen (secondary N) is 2. The Morgan fingerprint density at radius 2 is 1.86 bits per heavy atom. The summed E-state index contributed by atoms with van der Waals surface area (Å²) in [4.78, 5) is 29.0. The SMILES string of the molecule is CN(C)c1ccc(/C=C/C(=O)NC(Cc2c[nH]c3ccccc23)C(=O)O)cc1. The molecule has 0 aliphatic rings. The van der Waals surface area contributed by atoms with Gasteiger partial charge in [0.15, 0.2) is 0 Å². The summed E-state index contributed by atoms with van der Waals surface area (Å²) < 4.78 is 0. The van der Waals surface area contributed by atoms with Crippen molar-refractivity contribution in [1.82, 2.24) is 10.3 Å². The van der Waals surface area contributed by atoms with Gasteiger partial charge in [0.25, 0.3) is 0 Å². The molecule has 1 heterocycles. The molecule has 0 saturated heterocycles. The maximum Gasteiger partial charge on any atom is 0.326 e. The third kappa shape index (κ3) is 4.59. The number of amides is 1. The maximum atomic E-state index is 12.2. The summed E-state index contributed by atoms with van der Waals surface area (Å²) in [5.74, 6) is -1.51. The van der Waals surface area contributed by atoms with Crippen LogP contribution < -0.4 is 10.2 Å². The van der Waals surface area contributed by atoms with Crippen molar-refractivity contribution in [2.45, 2.75) is 12.5 Å². The molecular formula is C22H23N3O3. The topological polar surface area (TPSA) is 85.4 Å². The molecule has 1 amide bonds. The molecule has 1 unspecified atom stereocenters. The van der Waals surface area contributed by atoms with E-state index in [-0.39, 0.29) is 6.42 Å². The van der Waals surface area contributed by atoms with E-state index in [9.17, 15) is 14.7 Å². The molecule has 144 valence electrons. The average Bonchev–Trinajstić information content (AvgIpc) is 3.09. The number of hydrogen-bond donors (Lipinski definition) is 3. The third-order valence-electron chi connectivity index (χ3n) is 4.55. The van der Waals surface area contributed by atoms with Crippen LogP contribution in [0.1, 0.15) is 11.1 Å². The highest BCUT2D eigenvalue weighted by atomic mass is 16.4. The van der Waals surface area contributed by atoms with Crippen LogP contribution in [0, 0.1) is 0 Å². The number of carboxylic acid groups (broad SMARTS) is 1. The van der Waals surface area contributed by atoms with Crippen LogP contribution in [0.3, 0.4) is 0 Å². The van der Waals surface area contributed by atoms with Gasteiger partial charge in [-0.2, -0.15) is 0 Å². The Labute approximate surface area is 163 Å². The minimum absolute atomic E-state index is 0.205. The number of carbonyl (C=O) groups excluding carboxylic acids is 1. The molecule has 3 aromatic rings. The number of aromatic amines is 1. The third-order valence-corrected chi connectivity index (χ3v) is 4.55. The number of H-pyrrole nitrogens is 1. The number of nitrogens with zero attached hydrogens (tertiary/aromatic N) is 1. The van der Waals surface area contributed by atoms with E-state index in [1.165, 1.54) is 6.08 Å². The van der Waals surface area contributed by atoms with Crippen LogP contribution in [0.15, 0.2) is 60.8 Å². The first-order valence-electron chi connectivity index (χ1n) is 8.98. The highest BCUT2D eigenvalue weighted by Gasteiger charge is 2.21. The van der Waals surface area contributed by atoms with Crippen LogP contribution in [0.4, 0.5) is 5.69 Å². The van der Waals surface area contributed by atoms with Crippen LogP contribution in [0.2, 0.25) is 0 Å². The molecule has 1 aromatic heterocycles. The molecule has 0 spiro atoms. The first-order chi connectivity index (χ1) is 13.4. The molecule has 0 aliphatic heterocycles. The molecule has 0 bridgehead atoms. The Morgan fingerprint density at radius 1 is 1.14 bits per heavy atom. The van der Waals surface area contributed by atoms with Gasteiger partial charge in [0.05, 0.1) is 0 Å². The average molecular weight is 377 g/mol. The first-order valence-corrected chi connectivity index (χ1v) is 8.98. The minimum Gasteiger partial charge on any atom is -0.480 e. The Balaban J connectivity index is 1.66. The van der Waals surface area contributed by atoms with E-state index in [0.29, 0.717) is 0 Å². The molecule has 0 fully saturated rings. The van der Waals surface area contributed by atoms with E-state index in [2.05, 4.69) is 10.3 Å². The molecule has 6 nitrogen and oxygen atoms in total. The predicted octanol–water partition coefficient (Wildman–Crippen LogP) is 3.06. The lowest BCUT2D eigenvalue weighted by molar-refractivity contribution is -0.141. The zero-order chi connectivity index (χ0) is 20.1. The number of rotatable bonds is 7. The van der Waals surface area contributed by atoms with Crippen LogP contribution in [-0.2, 0) is 16.0 Å². The Kier molecular flexibility index (Phi) is 5.79. The lowest BCUT2D eigenvalue weighted by Crippen LogP contribution is -2.41. The zero-order valence-corrected chi connectivity index (χ0v) is 15.8. The summed E-state index contributed by atoms with van der Waals surface area (Å²) in [5.41, 5.74) is 3.72. The Hall–Kier alpha value is -3.54. The van der Waals surface area contributed by atoms with Crippen LogP contribution >= 0.6 is 0 Å². The number of fused-ring (bicyclic) bond motifs is 1. The van der Waals surface area contributed by atoms with Crippen LogP contribution in [0.25, 0.3) is 17.0 Å². The van der Waals surface area contributed by atoms with Crippen molar-refractivity contribution in [3.05, 3.63) is 71.9 Å². The highest BCUT2D eigenvalue weighted by Crippen LogP contribution is 2.19. The molecule has 3 rings (SSSR count).